The van der Waals surface area contributed by atoms with Crippen LogP contribution >= 0.6 is 23.2 Å². The van der Waals surface area contributed by atoms with E-state index in [-0.39, 0.29) is 12.4 Å². The first kappa shape index (κ1) is 15.7. The van der Waals surface area contributed by atoms with Crippen LogP contribution in [0.5, 0.6) is 11.5 Å². The van der Waals surface area contributed by atoms with Crippen LogP contribution in [0.1, 0.15) is 17.3 Å². The van der Waals surface area contributed by atoms with Crippen LogP contribution in [0.4, 0.5) is 0 Å². The third-order valence-electron chi connectivity index (χ3n) is 2.76. The standard InChI is InChI=1S/C16H14Cl2O3/c1-2-20-12-8-6-11(7-9-12)14(19)10-21-15-5-3-4-13(17)16(15)18/h3-9H,2,10H2,1H3. The zero-order valence-corrected chi connectivity index (χ0v) is 12.9. The van der Waals surface area contributed by atoms with Crippen molar-refractivity contribution >= 4 is 29.0 Å². The molecule has 0 radical (unpaired) electrons. The van der Waals surface area contributed by atoms with Crippen LogP contribution in [0.2, 0.25) is 10.0 Å². The van der Waals surface area contributed by atoms with Crippen LogP contribution in [0.25, 0.3) is 0 Å². The topological polar surface area (TPSA) is 35.5 Å². The summed E-state index contributed by atoms with van der Waals surface area (Å²) in [6.07, 6.45) is 0. The van der Waals surface area contributed by atoms with E-state index in [9.17, 15) is 4.79 Å². The minimum Gasteiger partial charge on any atom is -0.494 e. The van der Waals surface area contributed by atoms with E-state index in [0.29, 0.717) is 28.0 Å². The monoisotopic (exact) mass is 324 g/mol. The van der Waals surface area contributed by atoms with Gasteiger partial charge in [-0.15, -0.1) is 0 Å². The summed E-state index contributed by atoms with van der Waals surface area (Å²) in [5, 5.41) is 0.696. The Labute approximate surface area is 133 Å². The summed E-state index contributed by atoms with van der Waals surface area (Å²) in [6, 6.07) is 12.0. The molecule has 0 aliphatic carbocycles. The van der Waals surface area contributed by atoms with E-state index in [4.69, 9.17) is 32.7 Å². The summed E-state index contributed by atoms with van der Waals surface area (Å²) in [5.41, 5.74) is 0.552. The lowest BCUT2D eigenvalue weighted by molar-refractivity contribution is 0.0921. The second-order valence-corrected chi connectivity index (χ2v) is 5.01. The third kappa shape index (κ3) is 4.13. The average Bonchev–Trinajstić information content (AvgIpc) is 2.49. The molecule has 0 bridgehead atoms. The highest BCUT2D eigenvalue weighted by molar-refractivity contribution is 6.42. The van der Waals surface area contributed by atoms with Crippen LogP contribution in [0.15, 0.2) is 42.5 Å². The van der Waals surface area contributed by atoms with Crippen molar-refractivity contribution in [2.75, 3.05) is 13.2 Å². The number of ketones is 1. The van der Waals surface area contributed by atoms with Crippen molar-refractivity contribution in [3.63, 3.8) is 0 Å². The molecule has 2 rings (SSSR count). The average molecular weight is 325 g/mol. The SMILES string of the molecule is CCOc1ccc(C(=O)COc2cccc(Cl)c2Cl)cc1. The largest absolute Gasteiger partial charge is 0.494 e. The number of hydrogen-bond acceptors (Lipinski definition) is 3. The van der Waals surface area contributed by atoms with Gasteiger partial charge in [0.15, 0.2) is 12.4 Å². The van der Waals surface area contributed by atoms with Gasteiger partial charge in [-0.1, -0.05) is 29.3 Å². The molecule has 110 valence electrons. The number of Topliss-reactive ketones (excluding diaryl/α,β-unsaturated/α-hetero) is 1. The lowest BCUT2D eigenvalue weighted by Crippen LogP contribution is -2.11. The molecule has 5 heteroatoms. The smallest absolute Gasteiger partial charge is 0.200 e. The van der Waals surface area contributed by atoms with Crippen LogP contribution in [-0.2, 0) is 0 Å². The first-order valence-corrected chi connectivity index (χ1v) is 7.20. The number of halogens is 2. The number of ether oxygens (including phenoxy) is 2. The van der Waals surface area contributed by atoms with Gasteiger partial charge in [-0.25, -0.2) is 0 Å². The molecule has 0 aliphatic rings. The molecular weight excluding hydrogens is 311 g/mol. The van der Waals surface area contributed by atoms with Crippen molar-refractivity contribution in [2.45, 2.75) is 6.92 Å². The Morgan fingerprint density at radius 3 is 2.43 bits per heavy atom. The van der Waals surface area contributed by atoms with E-state index in [1.807, 2.05) is 6.92 Å². The fraction of sp³-hybridized carbons (Fsp3) is 0.188. The Balaban J connectivity index is 1.99. The summed E-state index contributed by atoms with van der Waals surface area (Å²) in [6.45, 7) is 2.39. The van der Waals surface area contributed by atoms with Crippen molar-refractivity contribution in [3.05, 3.63) is 58.1 Å². The molecule has 0 heterocycles. The number of benzene rings is 2. The molecule has 2 aromatic carbocycles. The predicted molar refractivity (Wildman–Crippen MR) is 83.9 cm³/mol. The molecular formula is C16H14Cl2O3. The quantitative estimate of drug-likeness (QED) is 0.725. The van der Waals surface area contributed by atoms with Gasteiger partial charge >= 0.3 is 0 Å². The van der Waals surface area contributed by atoms with Gasteiger partial charge in [0.2, 0.25) is 0 Å². The van der Waals surface area contributed by atoms with E-state index in [1.54, 1.807) is 42.5 Å². The van der Waals surface area contributed by atoms with Crippen LogP contribution in [0.3, 0.4) is 0 Å². The van der Waals surface area contributed by atoms with E-state index in [0.717, 1.165) is 5.75 Å². The second-order valence-electron chi connectivity index (χ2n) is 4.22. The van der Waals surface area contributed by atoms with Gasteiger partial charge in [-0.2, -0.15) is 0 Å². The highest BCUT2D eigenvalue weighted by Gasteiger charge is 2.10. The van der Waals surface area contributed by atoms with Gasteiger partial charge < -0.3 is 9.47 Å². The highest BCUT2D eigenvalue weighted by atomic mass is 35.5. The zero-order valence-electron chi connectivity index (χ0n) is 11.4. The van der Waals surface area contributed by atoms with Gasteiger partial charge in [0, 0.05) is 5.56 Å². The Morgan fingerprint density at radius 1 is 1.05 bits per heavy atom. The van der Waals surface area contributed by atoms with Gasteiger partial charge in [0.1, 0.15) is 16.5 Å². The molecule has 0 unspecified atom stereocenters. The molecule has 3 nitrogen and oxygen atoms in total. The van der Waals surface area contributed by atoms with E-state index < -0.39 is 0 Å². The molecule has 0 saturated carbocycles. The Kier molecular flexibility index (Phi) is 5.48. The molecule has 0 N–H and O–H groups in total. The normalized spacial score (nSPS) is 10.2. The van der Waals surface area contributed by atoms with Crippen molar-refractivity contribution in [1.29, 1.82) is 0 Å². The van der Waals surface area contributed by atoms with E-state index in [1.165, 1.54) is 0 Å². The molecule has 2 aromatic rings. The molecule has 0 spiro atoms. The molecule has 0 atom stereocenters. The van der Waals surface area contributed by atoms with Crippen molar-refractivity contribution in [3.8, 4) is 11.5 Å². The van der Waals surface area contributed by atoms with E-state index >= 15 is 0 Å². The number of hydrogen-bond donors (Lipinski definition) is 0. The van der Waals surface area contributed by atoms with Crippen LogP contribution in [0, 0.1) is 0 Å². The van der Waals surface area contributed by atoms with Gasteiger partial charge in [0.25, 0.3) is 0 Å². The number of carbonyl (C=O) groups is 1. The fourth-order valence-electron chi connectivity index (χ4n) is 1.73. The predicted octanol–water partition coefficient (Wildman–Crippen LogP) is 4.65. The third-order valence-corrected chi connectivity index (χ3v) is 3.56. The van der Waals surface area contributed by atoms with Gasteiger partial charge in [0.05, 0.1) is 11.6 Å². The summed E-state index contributed by atoms with van der Waals surface area (Å²) in [5.74, 6) is 0.977. The molecule has 0 amide bonds. The first-order valence-electron chi connectivity index (χ1n) is 6.44. The van der Waals surface area contributed by atoms with Crippen molar-refractivity contribution in [2.24, 2.45) is 0 Å². The lowest BCUT2D eigenvalue weighted by atomic mass is 10.1. The summed E-state index contributed by atoms with van der Waals surface area (Å²) < 4.78 is 10.7. The molecule has 0 aliphatic heterocycles. The fourth-order valence-corrected chi connectivity index (χ4v) is 2.07. The molecule has 0 aromatic heterocycles. The minimum absolute atomic E-state index is 0.103. The number of rotatable bonds is 6. The maximum Gasteiger partial charge on any atom is 0.200 e. The first-order chi connectivity index (χ1) is 10.1. The highest BCUT2D eigenvalue weighted by Crippen LogP contribution is 2.31. The van der Waals surface area contributed by atoms with Crippen molar-refractivity contribution < 1.29 is 14.3 Å². The summed E-state index contributed by atoms with van der Waals surface area (Å²) in [7, 11) is 0. The van der Waals surface area contributed by atoms with Crippen molar-refractivity contribution in [1.82, 2.24) is 0 Å². The Morgan fingerprint density at radius 2 is 1.76 bits per heavy atom. The summed E-state index contributed by atoms with van der Waals surface area (Å²) in [4.78, 5) is 12.0. The maximum absolute atomic E-state index is 12.0. The Hall–Kier alpha value is -1.71. The lowest BCUT2D eigenvalue weighted by Gasteiger charge is -2.08. The summed E-state index contributed by atoms with van der Waals surface area (Å²) >= 11 is 11.9. The maximum atomic E-state index is 12.0. The van der Waals surface area contributed by atoms with Crippen LogP contribution in [-0.4, -0.2) is 19.0 Å². The Bertz CT molecular complexity index is 624. The molecule has 21 heavy (non-hydrogen) atoms. The molecule has 0 saturated heterocycles. The van der Waals surface area contributed by atoms with Crippen LogP contribution < -0.4 is 9.47 Å². The second kappa shape index (κ2) is 7.34. The van der Waals surface area contributed by atoms with E-state index in [2.05, 4.69) is 0 Å². The van der Waals surface area contributed by atoms with Gasteiger partial charge in [-0.3, -0.25) is 4.79 Å². The zero-order chi connectivity index (χ0) is 15.2. The number of carbonyl (C=O) groups excluding carboxylic acids is 1. The minimum atomic E-state index is -0.144. The molecule has 0 fully saturated rings. The van der Waals surface area contributed by atoms with Gasteiger partial charge in [-0.05, 0) is 43.3 Å².